The molecule has 4 heterocycles. The average Bonchev–Trinajstić information content (AvgIpc) is 3.47. The number of fused-ring (bicyclic) bond motifs is 2. The molecule has 4 aromatic rings. The van der Waals surface area contributed by atoms with Gasteiger partial charge in [0.05, 0.1) is 53.7 Å². The van der Waals surface area contributed by atoms with Crippen LogP contribution in [-0.4, -0.2) is 79.2 Å². The molecule has 178 valence electrons. The van der Waals surface area contributed by atoms with Gasteiger partial charge in [-0.2, -0.15) is 0 Å². The second kappa shape index (κ2) is 9.39. The van der Waals surface area contributed by atoms with Crippen LogP contribution in [0.3, 0.4) is 0 Å². The molecule has 2 aromatic heterocycles. The zero-order valence-corrected chi connectivity index (χ0v) is 21.4. The average molecular weight is 495 g/mol. The molecule has 34 heavy (non-hydrogen) atoms. The van der Waals surface area contributed by atoms with E-state index < -0.39 is 0 Å². The van der Waals surface area contributed by atoms with Gasteiger partial charge in [0.1, 0.15) is 0 Å². The van der Waals surface area contributed by atoms with Gasteiger partial charge in [0.25, 0.3) is 0 Å². The fraction of sp³-hybridized carbons (Fsp3) is 0.440. The van der Waals surface area contributed by atoms with Crippen molar-refractivity contribution in [3.63, 3.8) is 0 Å². The third kappa shape index (κ3) is 4.63. The quantitative estimate of drug-likeness (QED) is 0.409. The van der Waals surface area contributed by atoms with Gasteiger partial charge in [0.2, 0.25) is 0 Å². The molecule has 0 radical (unpaired) electrons. The summed E-state index contributed by atoms with van der Waals surface area (Å²) in [5.74, 6) is 0. The summed E-state index contributed by atoms with van der Waals surface area (Å²) in [4.78, 5) is 19.8. The first-order valence-corrected chi connectivity index (χ1v) is 13.5. The molecule has 2 fully saturated rings. The van der Waals surface area contributed by atoms with Gasteiger partial charge in [-0.1, -0.05) is 34.8 Å². The molecule has 7 nitrogen and oxygen atoms in total. The Balaban J connectivity index is 1.27. The van der Waals surface area contributed by atoms with Gasteiger partial charge < -0.3 is 14.5 Å². The highest BCUT2D eigenvalue weighted by Gasteiger charge is 2.28. The molecule has 0 amide bonds. The fourth-order valence-electron chi connectivity index (χ4n) is 4.62. The van der Waals surface area contributed by atoms with Crippen LogP contribution in [0.25, 0.3) is 20.4 Å². The maximum Gasteiger partial charge on any atom is 0.188 e. The first-order chi connectivity index (χ1) is 16.6. The maximum atomic E-state index is 5.53. The van der Waals surface area contributed by atoms with Crippen LogP contribution in [0.15, 0.2) is 36.4 Å². The minimum atomic E-state index is 0.797. The second-order valence-corrected chi connectivity index (χ2v) is 11.3. The van der Waals surface area contributed by atoms with Gasteiger partial charge in [0.15, 0.2) is 10.3 Å². The first kappa shape index (κ1) is 22.2. The van der Waals surface area contributed by atoms with Crippen molar-refractivity contribution in [2.75, 3.05) is 69.2 Å². The van der Waals surface area contributed by atoms with Crippen molar-refractivity contribution < 1.29 is 4.74 Å². The van der Waals surface area contributed by atoms with Crippen LogP contribution in [0.4, 0.5) is 10.3 Å². The Hall–Kier alpha value is -2.30. The standard InChI is InChI=1S/C25H30N6OS2/c1-18-3-5-20-22(13-18)33-24(26-20)30-15-29(8-7-28-9-11-32-12-10-28)16-31(17-30)25-27-21-6-4-19(2)14-23(21)34-25/h3-6,13-14H,7-12,15-17H2,1-2H3. The number of nitrogens with zero attached hydrogens (tertiary/aromatic N) is 6. The summed E-state index contributed by atoms with van der Waals surface area (Å²) in [6, 6.07) is 13.0. The maximum absolute atomic E-state index is 5.53. The zero-order valence-electron chi connectivity index (χ0n) is 19.7. The van der Waals surface area contributed by atoms with Crippen LogP contribution in [-0.2, 0) is 4.74 Å². The van der Waals surface area contributed by atoms with Gasteiger partial charge in [-0.05, 0) is 49.2 Å². The van der Waals surface area contributed by atoms with E-state index in [9.17, 15) is 0 Å². The number of ether oxygens (including phenoxy) is 1. The van der Waals surface area contributed by atoms with Gasteiger partial charge in [-0.15, -0.1) is 0 Å². The minimum Gasteiger partial charge on any atom is -0.379 e. The third-order valence-electron chi connectivity index (χ3n) is 6.53. The number of benzene rings is 2. The van der Waals surface area contributed by atoms with E-state index in [2.05, 4.69) is 69.8 Å². The summed E-state index contributed by atoms with van der Waals surface area (Å²) in [7, 11) is 0. The van der Waals surface area contributed by atoms with Crippen LogP contribution in [0.5, 0.6) is 0 Å². The molecule has 9 heteroatoms. The predicted molar refractivity (Wildman–Crippen MR) is 142 cm³/mol. The van der Waals surface area contributed by atoms with Crippen LogP contribution in [0, 0.1) is 13.8 Å². The number of anilines is 2. The number of hydrogen-bond donors (Lipinski definition) is 0. The lowest BCUT2D eigenvalue weighted by Crippen LogP contribution is -2.56. The highest BCUT2D eigenvalue weighted by molar-refractivity contribution is 7.22. The van der Waals surface area contributed by atoms with Crippen LogP contribution < -0.4 is 9.80 Å². The van der Waals surface area contributed by atoms with E-state index in [-0.39, 0.29) is 0 Å². The molecular weight excluding hydrogens is 464 g/mol. The van der Waals surface area contributed by atoms with Crippen molar-refractivity contribution >= 4 is 53.4 Å². The van der Waals surface area contributed by atoms with Gasteiger partial charge >= 0.3 is 0 Å². The Labute approximate surface area is 208 Å². The molecule has 0 saturated carbocycles. The summed E-state index contributed by atoms with van der Waals surface area (Å²) < 4.78 is 8.03. The van der Waals surface area contributed by atoms with Crippen molar-refractivity contribution in [3.05, 3.63) is 47.5 Å². The Morgan fingerprint density at radius 2 is 1.26 bits per heavy atom. The second-order valence-electron chi connectivity index (χ2n) is 9.29. The third-order valence-corrected chi connectivity index (χ3v) is 8.68. The molecule has 2 aliphatic heterocycles. The molecule has 2 aromatic carbocycles. The highest BCUT2D eigenvalue weighted by atomic mass is 32.1. The van der Waals surface area contributed by atoms with Crippen molar-refractivity contribution in [3.8, 4) is 0 Å². The van der Waals surface area contributed by atoms with Gasteiger partial charge in [0, 0.05) is 26.2 Å². The van der Waals surface area contributed by atoms with E-state index in [1.54, 1.807) is 22.7 Å². The Bertz CT molecular complexity index is 1210. The number of aromatic nitrogens is 2. The van der Waals surface area contributed by atoms with E-state index in [4.69, 9.17) is 14.7 Å². The van der Waals surface area contributed by atoms with Crippen molar-refractivity contribution in [1.82, 2.24) is 19.8 Å². The predicted octanol–water partition coefficient (Wildman–Crippen LogP) is 4.36. The number of thiazole rings is 2. The number of rotatable bonds is 5. The lowest BCUT2D eigenvalue weighted by molar-refractivity contribution is 0.0327. The molecular formula is C25H30N6OS2. The van der Waals surface area contributed by atoms with Crippen molar-refractivity contribution in [2.45, 2.75) is 13.8 Å². The lowest BCUT2D eigenvalue weighted by atomic mass is 10.2. The minimum absolute atomic E-state index is 0.797. The van der Waals surface area contributed by atoms with Gasteiger partial charge in [-0.25, -0.2) is 9.97 Å². The topological polar surface area (TPSA) is 48.0 Å². The van der Waals surface area contributed by atoms with E-state index in [0.29, 0.717) is 0 Å². The monoisotopic (exact) mass is 494 g/mol. The van der Waals surface area contributed by atoms with Crippen LogP contribution in [0.1, 0.15) is 11.1 Å². The van der Waals surface area contributed by atoms with Crippen molar-refractivity contribution in [2.24, 2.45) is 0 Å². The summed E-state index contributed by atoms with van der Waals surface area (Å²) in [5.41, 5.74) is 4.72. The Morgan fingerprint density at radius 3 is 1.82 bits per heavy atom. The first-order valence-electron chi connectivity index (χ1n) is 11.9. The number of aryl methyl sites for hydroxylation is 2. The highest BCUT2D eigenvalue weighted by Crippen LogP contribution is 2.34. The molecule has 0 spiro atoms. The molecule has 0 atom stereocenters. The number of hydrogen-bond acceptors (Lipinski definition) is 9. The van der Waals surface area contributed by atoms with E-state index in [1.807, 2.05) is 0 Å². The SMILES string of the molecule is Cc1ccc2nc(N3CN(CCN4CCOCC4)CN(c4nc5ccc(C)cc5s4)C3)sc2c1. The van der Waals surface area contributed by atoms with E-state index in [0.717, 1.165) is 80.7 Å². The largest absolute Gasteiger partial charge is 0.379 e. The Kier molecular flexibility index (Phi) is 6.13. The summed E-state index contributed by atoms with van der Waals surface area (Å²) >= 11 is 3.58. The lowest BCUT2D eigenvalue weighted by Gasteiger charge is -2.42. The molecule has 0 unspecified atom stereocenters. The van der Waals surface area contributed by atoms with Crippen LogP contribution >= 0.6 is 22.7 Å². The smallest absolute Gasteiger partial charge is 0.188 e. The van der Waals surface area contributed by atoms with E-state index >= 15 is 0 Å². The molecule has 0 bridgehead atoms. The Morgan fingerprint density at radius 1 is 0.735 bits per heavy atom. The summed E-state index contributed by atoms with van der Waals surface area (Å²) in [6.45, 7) is 12.6. The molecule has 6 rings (SSSR count). The summed E-state index contributed by atoms with van der Waals surface area (Å²) in [6.07, 6.45) is 0. The zero-order chi connectivity index (χ0) is 23.1. The van der Waals surface area contributed by atoms with E-state index in [1.165, 1.54) is 20.5 Å². The fourth-order valence-corrected chi connectivity index (χ4v) is 6.72. The molecule has 2 saturated heterocycles. The van der Waals surface area contributed by atoms with Crippen LogP contribution in [0.2, 0.25) is 0 Å². The normalized spacial score (nSPS) is 18.4. The van der Waals surface area contributed by atoms with Gasteiger partial charge in [-0.3, -0.25) is 9.80 Å². The molecule has 0 aliphatic carbocycles. The molecule has 2 aliphatic rings. The summed E-state index contributed by atoms with van der Waals surface area (Å²) in [5, 5.41) is 2.16. The number of morpholine rings is 1. The van der Waals surface area contributed by atoms with Crippen molar-refractivity contribution in [1.29, 1.82) is 0 Å². The molecule has 0 N–H and O–H groups in total.